The van der Waals surface area contributed by atoms with Gasteiger partial charge in [-0.3, -0.25) is 0 Å². The van der Waals surface area contributed by atoms with Crippen molar-refractivity contribution in [3.05, 3.63) is 16.1 Å². The molecular formula is C14H24N2S2. The van der Waals surface area contributed by atoms with Crippen molar-refractivity contribution in [2.24, 2.45) is 0 Å². The zero-order chi connectivity index (χ0) is 13.0. The first-order valence-electron chi connectivity index (χ1n) is 6.83. The monoisotopic (exact) mass is 284 g/mol. The molecule has 0 aliphatic carbocycles. The molecule has 0 saturated carbocycles. The topological polar surface area (TPSA) is 24.9 Å². The van der Waals surface area contributed by atoms with Gasteiger partial charge < -0.3 is 5.32 Å². The number of rotatable bonds is 4. The van der Waals surface area contributed by atoms with Gasteiger partial charge in [0.15, 0.2) is 0 Å². The minimum Gasteiger partial charge on any atom is -0.311 e. The lowest BCUT2D eigenvalue weighted by Crippen LogP contribution is -2.26. The minimum absolute atomic E-state index is 0.183. The lowest BCUT2D eigenvalue weighted by atomic mass is 9.98. The van der Waals surface area contributed by atoms with E-state index in [0.29, 0.717) is 0 Å². The highest BCUT2D eigenvalue weighted by atomic mass is 32.2. The zero-order valence-corrected chi connectivity index (χ0v) is 13.3. The van der Waals surface area contributed by atoms with Crippen LogP contribution in [0.5, 0.6) is 0 Å². The third-order valence-electron chi connectivity index (χ3n) is 3.14. The summed E-state index contributed by atoms with van der Waals surface area (Å²) in [5.74, 6) is 1.35. The first-order valence-corrected chi connectivity index (χ1v) is 8.70. The van der Waals surface area contributed by atoms with Crippen LogP contribution in [-0.2, 0) is 12.0 Å². The van der Waals surface area contributed by atoms with E-state index in [-0.39, 0.29) is 5.41 Å². The highest BCUT2D eigenvalue weighted by Gasteiger charge is 2.18. The zero-order valence-electron chi connectivity index (χ0n) is 11.7. The second-order valence-electron chi connectivity index (χ2n) is 6.00. The van der Waals surface area contributed by atoms with Crippen molar-refractivity contribution in [3.8, 4) is 0 Å². The summed E-state index contributed by atoms with van der Waals surface area (Å²) in [6, 6.07) is 0. The number of thioether (sulfide) groups is 1. The average Bonchev–Trinajstić information content (AvgIpc) is 2.79. The van der Waals surface area contributed by atoms with Crippen LogP contribution in [0.25, 0.3) is 0 Å². The summed E-state index contributed by atoms with van der Waals surface area (Å²) in [6.07, 6.45) is 6.24. The van der Waals surface area contributed by atoms with Crippen LogP contribution < -0.4 is 5.32 Å². The first kappa shape index (κ1) is 14.4. The molecule has 0 spiro atoms. The number of nitrogens with zero attached hydrogens (tertiary/aromatic N) is 1. The van der Waals surface area contributed by atoms with Crippen LogP contribution >= 0.6 is 23.1 Å². The number of aromatic nitrogens is 1. The molecule has 4 heteroatoms. The van der Waals surface area contributed by atoms with E-state index in [1.807, 2.05) is 17.5 Å². The van der Waals surface area contributed by atoms with Crippen LogP contribution in [0.3, 0.4) is 0 Å². The lowest BCUT2D eigenvalue weighted by molar-refractivity contribution is 0.585. The molecule has 1 aromatic heterocycles. The van der Waals surface area contributed by atoms with Gasteiger partial charge in [-0.25, -0.2) is 4.98 Å². The molecule has 2 heterocycles. The van der Waals surface area contributed by atoms with Crippen molar-refractivity contribution in [2.75, 3.05) is 12.3 Å². The molecule has 0 amide bonds. The summed E-state index contributed by atoms with van der Waals surface area (Å²) < 4.78 is 0. The summed E-state index contributed by atoms with van der Waals surface area (Å²) in [5.41, 5.74) is 0.183. The Morgan fingerprint density at radius 1 is 1.39 bits per heavy atom. The smallest absolute Gasteiger partial charge is 0.0981 e. The van der Waals surface area contributed by atoms with E-state index in [0.717, 1.165) is 18.3 Å². The predicted molar refractivity (Wildman–Crippen MR) is 82.6 cm³/mol. The molecule has 1 N–H and O–H groups in total. The molecule has 1 aromatic rings. The van der Waals surface area contributed by atoms with Gasteiger partial charge in [-0.05, 0) is 18.6 Å². The van der Waals surface area contributed by atoms with Gasteiger partial charge in [0.1, 0.15) is 0 Å². The Balaban J connectivity index is 1.74. The Morgan fingerprint density at radius 3 is 2.83 bits per heavy atom. The molecule has 102 valence electrons. The second-order valence-corrected chi connectivity index (χ2v) is 8.52. The molecule has 0 aromatic carbocycles. The van der Waals surface area contributed by atoms with Crippen molar-refractivity contribution in [1.82, 2.24) is 10.3 Å². The van der Waals surface area contributed by atoms with E-state index in [2.05, 4.69) is 42.8 Å². The van der Waals surface area contributed by atoms with Gasteiger partial charge in [0.2, 0.25) is 0 Å². The average molecular weight is 284 g/mol. The highest BCUT2D eigenvalue weighted by Crippen LogP contribution is 2.27. The Kier molecular flexibility index (Phi) is 5.10. The van der Waals surface area contributed by atoms with Crippen molar-refractivity contribution < 1.29 is 0 Å². The van der Waals surface area contributed by atoms with E-state index >= 15 is 0 Å². The SMILES string of the molecule is CC(C)(C)c1ncc(CNCC2CCCCS2)s1. The van der Waals surface area contributed by atoms with Gasteiger partial charge in [-0.1, -0.05) is 27.2 Å². The molecule has 18 heavy (non-hydrogen) atoms. The van der Waals surface area contributed by atoms with Crippen molar-refractivity contribution in [2.45, 2.75) is 57.2 Å². The van der Waals surface area contributed by atoms with Crippen molar-refractivity contribution >= 4 is 23.1 Å². The molecule has 0 radical (unpaired) electrons. The van der Waals surface area contributed by atoms with E-state index in [4.69, 9.17) is 0 Å². The van der Waals surface area contributed by atoms with E-state index in [9.17, 15) is 0 Å². The fraction of sp³-hybridized carbons (Fsp3) is 0.786. The minimum atomic E-state index is 0.183. The number of hydrogen-bond donors (Lipinski definition) is 1. The fourth-order valence-electron chi connectivity index (χ4n) is 2.06. The third-order valence-corrected chi connectivity index (χ3v) is 5.96. The Morgan fingerprint density at radius 2 is 2.22 bits per heavy atom. The maximum atomic E-state index is 4.53. The summed E-state index contributed by atoms with van der Waals surface area (Å²) >= 11 is 3.98. The molecule has 1 aliphatic rings. The van der Waals surface area contributed by atoms with E-state index in [1.165, 1.54) is 34.9 Å². The maximum absolute atomic E-state index is 4.53. The van der Waals surface area contributed by atoms with Gasteiger partial charge in [0.05, 0.1) is 5.01 Å². The maximum Gasteiger partial charge on any atom is 0.0981 e. The predicted octanol–water partition coefficient (Wildman–Crippen LogP) is 3.82. The molecule has 1 aliphatic heterocycles. The van der Waals surface area contributed by atoms with Crippen LogP contribution in [0.4, 0.5) is 0 Å². The highest BCUT2D eigenvalue weighted by molar-refractivity contribution is 7.99. The molecule has 2 nitrogen and oxygen atoms in total. The van der Waals surface area contributed by atoms with Crippen LogP contribution in [0.15, 0.2) is 6.20 Å². The normalized spacial score (nSPS) is 21.2. The molecule has 1 saturated heterocycles. The Bertz CT molecular complexity index is 362. The van der Waals surface area contributed by atoms with Gasteiger partial charge in [0, 0.05) is 34.8 Å². The summed E-state index contributed by atoms with van der Waals surface area (Å²) in [6.45, 7) is 8.79. The van der Waals surface area contributed by atoms with E-state index in [1.54, 1.807) is 0 Å². The summed E-state index contributed by atoms with van der Waals surface area (Å²) in [5, 5.41) is 5.66. The van der Waals surface area contributed by atoms with E-state index < -0.39 is 0 Å². The summed E-state index contributed by atoms with van der Waals surface area (Å²) in [7, 11) is 0. The summed E-state index contributed by atoms with van der Waals surface area (Å²) in [4.78, 5) is 5.89. The molecule has 0 bridgehead atoms. The molecule has 2 rings (SSSR count). The van der Waals surface area contributed by atoms with Crippen LogP contribution in [0, 0.1) is 0 Å². The Hall–Kier alpha value is -0.0600. The standard InChI is InChI=1S/C14H24N2S2/c1-14(2,3)13-16-10-12(18-13)9-15-8-11-6-4-5-7-17-11/h10-11,15H,4-9H2,1-3H3. The number of nitrogens with one attached hydrogen (secondary N) is 1. The molecule has 1 unspecified atom stereocenters. The van der Waals surface area contributed by atoms with Gasteiger partial charge in [-0.15, -0.1) is 11.3 Å². The van der Waals surface area contributed by atoms with Crippen molar-refractivity contribution in [3.63, 3.8) is 0 Å². The molecule has 1 atom stereocenters. The van der Waals surface area contributed by atoms with Crippen LogP contribution in [0.1, 0.15) is 49.9 Å². The molecular weight excluding hydrogens is 260 g/mol. The quantitative estimate of drug-likeness (QED) is 0.910. The van der Waals surface area contributed by atoms with Gasteiger partial charge >= 0.3 is 0 Å². The van der Waals surface area contributed by atoms with Gasteiger partial charge in [0.25, 0.3) is 0 Å². The number of hydrogen-bond acceptors (Lipinski definition) is 4. The second kappa shape index (κ2) is 6.40. The third kappa shape index (κ3) is 4.25. The van der Waals surface area contributed by atoms with Gasteiger partial charge in [-0.2, -0.15) is 11.8 Å². The van der Waals surface area contributed by atoms with Crippen LogP contribution in [0.2, 0.25) is 0 Å². The molecule has 1 fully saturated rings. The fourth-order valence-corrected chi connectivity index (χ4v) is 4.27. The first-order chi connectivity index (χ1) is 8.55. The lowest BCUT2D eigenvalue weighted by Gasteiger charge is -2.21. The number of thiazole rings is 1. The van der Waals surface area contributed by atoms with Crippen molar-refractivity contribution in [1.29, 1.82) is 0 Å². The van der Waals surface area contributed by atoms with Crippen LogP contribution in [-0.4, -0.2) is 22.5 Å². The largest absolute Gasteiger partial charge is 0.311 e. The Labute approximate surface area is 119 Å².